The highest BCUT2D eigenvalue weighted by molar-refractivity contribution is 6.00. The van der Waals surface area contributed by atoms with E-state index < -0.39 is 77.3 Å². The Labute approximate surface area is 250 Å². The Hall–Kier alpha value is -1.67. The first kappa shape index (κ1) is 36.5. The zero-order chi connectivity index (χ0) is 32.3. The molecule has 0 spiro atoms. The van der Waals surface area contributed by atoms with Crippen molar-refractivity contribution in [3.8, 4) is 0 Å². The zero-order valence-corrected chi connectivity index (χ0v) is 27.2. The van der Waals surface area contributed by atoms with Crippen molar-refractivity contribution in [1.29, 1.82) is 0 Å². The van der Waals surface area contributed by atoms with E-state index in [4.69, 9.17) is 24.8 Å². The summed E-state index contributed by atoms with van der Waals surface area (Å²) in [5, 5.41) is 37.9. The second-order valence-corrected chi connectivity index (χ2v) is 13.0. The molecule has 13 atom stereocenters. The Kier molecular flexibility index (Phi) is 12.5. The van der Waals surface area contributed by atoms with Crippen LogP contribution in [0.3, 0.4) is 0 Å². The molecule has 2 saturated heterocycles. The smallest absolute Gasteiger partial charge is 0.316 e. The second kappa shape index (κ2) is 14.4. The van der Waals surface area contributed by atoms with E-state index in [0.29, 0.717) is 12.1 Å². The zero-order valence-electron chi connectivity index (χ0n) is 27.2. The number of ether oxygens (including phenoxy) is 4. The number of nitrogens with two attached hydrogens (primary N) is 1. The molecular formula is C30H55N3O9. The molecule has 244 valence electrons. The number of cyclic esters (lactones) is 1. The maximum absolute atomic E-state index is 13.9. The second-order valence-electron chi connectivity index (χ2n) is 13.0. The third-order valence-corrected chi connectivity index (χ3v) is 9.49. The average molecular weight is 602 g/mol. The predicted octanol–water partition coefficient (Wildman–Crippen LogP) is 1.47. The molecular weight excluding hydrogens is 546 g/mol. The number of aliphatic hydroxyl groups is 3. The minimum absolute atomic E-state index is 0.194. The number of Topliss-reactive ketones (excluding diaryl/α,β-unsaturated/α-hetero) is 1. The van der Waals surface area contributed by atoms with Gasteiger partial charge >= 0.3 is 5.97 Å². The fourth-order valence-electron chi connectivity index (χ4n) is 6.69. The van der Waals surface area contributed by atoms with E-state index in [-0.39, 0.29) is 25.0 Å². The Bertz CT molecular complexity index is 960. The van der Waals surface area contributed by atoms with E-state index in [1.807, 2.05) is 32.8 Å². The highest BCUT2D eigenvalue weighted by Gasteiger charge is 2.51. The van der Waals surface area contributed by atoms with Gasteiger partial charge < -0.3 is 45.0 Å². The molecule has 12 nitrogen and oxygen atoms in total. The molecule has 0 aromatic carbocycles. The molecule has 4 unspecified atom stereocenters. The monoisotopic (exact) mass is 601 g/mol. The van der Waals surface area contributed by atoms with Crippen molar-refractivity contribution < 1.29 is 43.9 Å². The van der Waals surface area contributed by atoms with Gasteiger partial charge in [0.05, 0.1) is 23.9 Å². The Morgan fingerprint density at radius 1 is 1.10 bits per heavy atom. The van der Waals surface area contributed by atoms with E-state index in [1.54, 1.807) is 27.7 Å². The molecule has 0 aromatic rings. The van der Waals surface area contributed by atoms with Gasteiger partial charge in [0.1, 0.15) is 23.7 Å². The highest BCUT2D eigenvalue weighted by Crippen LogP contribution is 2.38. The average Bonchev–Trinajstić information content (AvgIpc) is 2.93. The lowest BCUT2D eigenvalue weighted by Gasteiger charge is -2.47. The molecule has 0 aromatic heterocycles. The fraction of sp³-hybridized carbons (Fsp3) is 0.900. The van der Waals surface area contributed by atoms with E-state index in [0.717, 1.165) is 0 Å². The van der Waals surface area contributed by atoms with E-state index in [1.165, 1.54) is 21.0 Å². The van der Waals surface area contributed by atoms with Gasteiger partial charge in [-0.2, -0.15) is 5.10 Å². The quantitative estimate of drug-likeness (QED) is 0.156. The summed E-state index contributed by atoms with van der Waals surface area (Å²) in [6.07, 6.45) is -4.77. The summed E-state index contributed by atoms with van der Waals surface area (Å²) >= 11 is 0. The maximum atomic E-state index is 13.9. The molecule has 2 aliphatic heterocycles. The van der Waals surface area contributed by atoms with E-state index in [9.17, 15) is 24.9 Å². The largest absolute Gasteiger partial charge is 0.459 e. The van der Waals surface area contributed by atoms with Gasteiger partial charge in [0, 0.05) is 30.7 Å². The SMILES string of the molecule is CC[C@H]1OC(=O)[C@H](C)C(=O)[C@H](C)[C@@H](OC2OC(C)CC(N(C)C)C2O)[C@](C)(OC)C[C@@H](C)/C(=N\N)[C@H](C)[C@@H](O)[C@]1(C)O. The predicted molar refractivity (Wildman–Crippen MR) is 157 cm³/mol. The van der Waals surface area contributed by atoms with Gasteiger partial charge in [-0.3, -0.25) is 9.59 Å². The molecule has 0 radical (unpaired) electrons. The normalized spacial score (nSPS) is 46.0. The number of hydrogen-bond donors (Lipinski definition) is 4. The standard InChI is InChI=1S/C30H55N3O9/c1-12-21-30(8,38)25(36)17(4)22(32-31)15(2)14-29(7,39-11)26(18(5)23(34)19(6)27(37)41-21)42-28-24(35)20(33(9)10)13-16(3)40-28/h15-21,24-26,28,35-36,38H,12-14,31H2,1-11H3/b32-22+/t15-,16?,17+,18+,19-,20?,21-,24?,25-,26-,28?,29-,30-/m1/s1. The Morgan fingerprint density at radius 2 is 1.69 bits per heavy atom. The molecule has 0 bridgehead atoms. The van der Waals surface area contributed by atoms with Crippen LogP contribution >= 0.6 is 0 Å². The summed E-state index contributed by atoms with van der Waals surface area (Å²) in [5.41, 5.74) is -2.62. The number of aliphatic hydroxyl groups excluding tert-OH is 2. The number of nitrogens with zero attached hydrogens (tertiary/aromatic N) is 2. The number of likely N-dealkylation sites (N-methyl/N-ethyl adjacent to an activating group) is 1. The number of esters is 1. The molecule has 0 amide bonds. The van der Waals surface area contributed by atoms with Crippen LogP contribution in [0.5, 0.6) is 0 Å². The van der Waals surface area contributed by atoms with Crippen molar-refractivity contribution in [2.45, 2.75) is 129 Å². The Balaban J connectivity index is 2.66. The summed E-state index contributed by atoms with van der Waals surface area (Å²) in [6.45, 7) is 13.5. The lowest BCUT2D eigenvalue weighted by atomic mass is 9.74. The van der Waals surface area contributed by atoms with Crippen LogP contribution in [-0.2, 0) is 28.5 Å². The molecule has 0 saturated carbocycles. The van der Waals surface area contributed by atoms with E-state index >= 15 is 0 Å². The van der Waals surface area contributed by atoms with Crippen molar-refractivity contribution in [3.05, 3.63) is 0 Å². The molecule has 42 heavy (non-hydrogen) atoms. The number of methoxy groups -OCH3 is 1. The van der Waals surface area contributed by atoms with Crippen LogP contribution in [0.15, 0.2) is 5.10 Å². The van der Waals surface area contributed by atoms with Gasteiger partial charge in [-0.1, -0.05) is 27.7 Å². The van der Waals surface area contributed by atoms with Crippen LogP contribution in [-0.4, -0.2) is 113 Å². The minimum Gasteiger partial charge on any atom is -0.459 e. The number of carbonyl (C=O) groups is 2. The van der Waals surface area contributed by atoms with Crippen LogP contribution < -0.4 is 5.84 Å². The van der Waals surface area contributed by atoms with Crippen LogP contribution in [0.4, 0.5) is 0 Å². The summed E-state index contributed by atoms with van der Waals surface area (Å²) in [7, 11) is 5.24. The van der Waals surface area contributed by atoms with Crippen LogP contribution in [0.1, 0.15) is 74.7 Å². The van der Waals surface area contributed by atoms with Gasteiger partial charge in [0.25, 0.3) is 0 Å². The number of hydrogen-bond acceptors (Lipinski definition) is 12. The first-order chi connectivity index (χ1) is 19.4. The maximum Gasteiger partial charge on any atom is 0.316 e. The first-order valence-electron chi connectivity index (χ1n) is 15.0. The van der Waals surface area contributed by atoms with Crippen LogP contribution in [0.2, 0.25) is 0 Å². The van der Waals surface area contributed by atoms with Gasteiger partial charge in [0.15, 0.2) is 12.1 Å². The fourth-order valence-corrected chi connectivity index (χ4v) is 6.69. The third kappa shape index (κ3) is 7.51. The van der Waals surface area contributed by atoms with Crippen molar-refractivity contribution in [3.63, 3.8) is 0 Å². The summed E-state index contributed by atoms with van der Waals surface area (Å²) < 4.78 is 24.3. The molecule has 0 aliphatic carbocycles. The molecule has 12 heteroatoms. The van der Waals surface area contributed by atoms with Crippen LogP contribution in [0.25, 0.3) is 0 Å². The lowest BCUT2D eigenvalue weighted by molar-refractivity contribution is -0.295. The molecule has 2 aliphatic rings. The molecule has 5 N–H and O–H groups in total. The van der Waals surface area contributed by atoms with Gasteiger partial charge in [-0.15, -0.1) is 0 Å². The molecule has 2 heterocycles. The summed E-state index contributed by atoms with van der Waals surface area (Å²) in [6, 6.07) is -0.248. The number of carbonyl (C=O) groups excluding carboxylic acids is 2. The van der Waals surface area contributed by atoms with Crippen LogP contribution in [0, 0.1) is 23.7 Å². The van der Waals surface area contributed by atoms with Gasteiger partial charge in [0.2, 0.25) is 0 Å². The van der Waals surface area contributed by atoms with Crippen molar-refractivity contribution in [2.75, 3.05) is 21.2 Å². The highest BCUT2D eigenvalue weighted by atomic mass is 16.7. The summed E-state index contributed by atoms with van der Waals surface area (Å²) in [4.78, 5) is 29.1. The van der Waals surface area contributed by atoms with Crippen molar-refractivity contribution in [1.82, 2.24) is 4.90 Å². The summed E-state index contributed by atoms with van der Waals surface area (Å²) in [5.74, 6) is 1.32. The van der Waals surface area contributed by atoms with E-state index in [2.05, 4.69) is 5.10 Å². The molecule has 2 fully saturated rings. The number of ketones is 1. The van der Waals surface area contributed by atoms with Crippen molar-refractivity contribution in [2.24, 2.45) is 34.6 Å². The number of rotatable bonds is 5. The first-order valence-corrected chi connectivity index (χ1v) is 15.0. The molecule has 2 rings (SSSR count). The third-order valence-electron chi connectivity index (χ3n) is 9.49. The lowest BCUT2D eigenvalue weighted by Crippen LogP contribution is -2.60. The van der Waals surface area contributed by atoms with Crippen molar-refractivity contribution >= 4 is 17.5 Å². The number of hydrazone groups is 1. The van der Waals surface area contributed by atoms with Gasteiger partial charge in [-0.05, 0) is 67.0 Å². The minimum atomic E-state index is -1.86. The Morgan fingerprint density at radius 3 is 2.19 bits per heavy atom. The van der Waals surface area contributed by atoms with Gasteiger partial charge in [-0.25, -0.2) is 0 Å². The topological polar surface area (TPSA) is 173 Å².